The van der Waals surface area contributed by atoms with Gasteiger partial charge in [-0.25, -0.2) is 0 Å². The lowest BCUT2D eigenvalue weighted by Crippen LogP contribution is -2.30. The average molecular weight is 251 g/mol. The van der Waals surface area contributed by atoms with Crippen LogP contribution < -0.4 is 0 Å². The summed E-state index contributed by atoms with van der Waals surface area (Å²) in [5.74, 6) is -0.0133. The van der Waals surface area contributed by atoms with Crippen LogP contribution in [0.3, 0.4) is 0 Å². The van der Waals surface area contributed by atoms with E-state index >= 15 is 0 Å². The number of hydrogen-bond acceptors (Lipinski definition) is 3. The quantitative estimate of drug-likeness (QED) is 0.490. The van der Waals surface area contributed by atoms with Crippen molar-refractivity contribution in [3.8, 4) is 0 Å². The Morgan fingerprint density at radius 3 is 2.22 bits per heavy atom. The molecule has 0 spiro atoms. The summed E-state index contributed by atoms with van der Waals surface area (Å²) >= 11 is 0. The largest absolute Gasteiger partial charge is 0.300 e. The molecule has 0 radical (unpaired) electrons. The van der Waals surface area contributed by atoms with Gasteiger partial charge in [-0.15, -0.1) is 0 Å². The van der Waals surface area contributed by atoms with Gasteiger partial charge in [-0.2, -0.15) is 0 Å². The van der Waals surface area contributed by atoms with Gasteiger partial charge >= 0.3 is 0 Å². The molecule has 0 N–H and O–H groups in total. The maximum atomic E-state index is 11.2. The summed E-state index contributed by atoms with van der Waals surface area (Å²) in [4.78, 5) is 34.8. The van der Waals surface area contributed by atoms with Crippen LogP contribution in [0.2, 0.25) is 0 Å². The SMILES string of the molecule is CC(=O)C(C)CCCCCCN1C(=O)C=CC1=O. The molecule has 1 atom stereocenters. The van der Waals surface area contributed by atoms with Gasteiger partial charge in [-0.3, -0.25) is 19.3 Å². The fourth-order valence-electron chi connectivity index (χ4n) is 1.93. The van der Waals surface area contributed by atoms with E-state index in [0.29, 0.717) is 6.54 Å². The van der Waals surface area contributed by atoms with Crippen molar-refractivity contribution in [3.05, 3.63) is 12.2 Å². The summed E-state index contributed by atoms with van der Waals surface area (Å²) in [6.07, 6.45) is 7.46. The van der Waals surface area contributed by atoms with Crippen LogP contribution in [0.25, 0.3) is 0 Å². The third kappa shape index (κ3) is 4.43. The predicted molar refractivity (Wildman–Crippen MR) is 68.8 cm³/mol. The Morgan fingerprint density at radius 1 is 1.11 bits per heavy atom. The smallest absolute Gasteiger partial charge is 0.253 e. The van der Waals surface area contributed by atoms with Crippen LogP contribution in [0, 0.1) is 5.92 Å². The number of amides is 2. The van der Waals surface area contributed by atoms with Gasteiger partial charge in [0.15, 0.2) is 0 Å². The van der Waals surface area contributed by atoms with E-state index in [4.69, 9.17) is 0 Å². The van der Waals surface area contributed by atoms with Crippen LogP contribution in [0.1, 0.15) is 46.0 Å². The van der Waals surface area contributed by atoms with Crippen molar-refractivity contribution in [2.75, 3.05) is 6.54 Å². The van der Waals surface area contributed by atoms with Crippen molar-refractivity contribution < 1.29 is 14.4 Å². The van der Waals surface area contributed by atoms with E-state index in [1.165, 1.54) is 17.1 Å². The van der Waals surface area contributed by atoms with Crippen molar-refractivity contribution in [2.45, 2.75) is 46.0 Å². The van der Waals surface area contributed by atoms with Crippen LogP contribution in [0.15, 0.2) is 12.2 Å². The monoisotopic (exact) mass is 251 g/mol. The van der Waals surface area contributed by atoms with Gasteiger partial charge < -0.3 is 0 Å². The lowest BCUT2D eigenvalue weighted by Gasteiger charge is -2.13. The summed E-state index contributed by atoms with van der Waals surface area (Å²) in [5, 5.41) is 0. The minimum atomic E-state index is -0.204. The van der Waals surface area contributed by atoms with E-state index in [1.807, 2.05) is 6.92 Å². The zero-order chi connectivity index (χ0) is 13.5. The standard InChI is InChI=1S/C14H21NO3/c1-11(12(2)16)7-5-3-4-6-10-15-13(17)8-9-14(15)18/h8-9,11H,3-7,10H2,1-2H3. The molecule has 1 aliphatic heterocycles. The van der Waals surface area contributed by atoms with Crippen LogP contribution in [-0.4, -0.2) is 29.0 Å². The van der Waals surface area contributed by atoms with Crippen molar-refractivity contribution in [1.29, 1.82) is 0 Å². The van der Waals surface area contributed by atoms with Gasteiger partial charge in [0, 0.05) is 24.6 Å². The number of rotatable bonds is 8. The number of hydrogen-bond donors (Lipinski definition) is 0. The zero-order valence-electron chi connectivity index (χ0n) is 11.1. The molecule has 0 aliphatic carbocycles. The molecule has 1 rings (SSSR count). The van der Waals surface area contributed by atoms with Gasteiger partial charge in [0.25, 0.3) is 11.8 Å². The molecule has 0 aromatic rings. The predicted octanol–water partition coefficient (Wildman–Crippen LogP) is 2.09. The van der Waals surface area contributed by atoms with Gasteiger partial charge in [0.1, 0.15) is 5.78 Å². The van der Waals surface area contributed by atoms with E-state index in [-0.39, 0.29) is 23.5 Å². The van der Waals surface area contributed by atoms with Gasteiger partial charge in [-0.1, -0.05) is 26.2 Å². The summed E-state index contributed by atoms with van der Waals surface area (Å²) in [7, 11) is 0. The molecule has 18 heavy (non-hydrogen) atoms. The number of carbonyl (C=O) groups excluding carboxylic acids is 3. The second kappa shape index (κ2) is 7.09. The second-order valence-corrected chi connectivity index (χ2v) is 4.88. The molecule has 0 aromatic carbocycles. The average Bonchev–Trinajstić information content (AvgIpc) is 2.64. The van der Waals surface area contributed by atoms with E-state index in [1.54, 1.807) is 6.92 Å². The Kier molecular flexibility index (Phi) is 5.75. The number of unbranched alkanes of at least 4 members (excludes halogenated alkanes) is 3. The number of Topliss-reactive ketones (excluding diaryl/α,β-unsaturated/α-hetero) is 1. The Balaban J connectivity index is 2.04. The maximum Gasteiger partial charge on any atom is 0.253 e. The van der Waals surface area contributed by atoms with E-state index in [2.05, 4.69) is 0 Å². The Morgan fingerprint density at radius 2 is 1.67 bits per heavy atom. The minimum absolute atomic E-state index is 0.149. The summed E-state index contributed by atoms with van der Waals surface area (Å²) < 4.78 is 0. The fraction of sp³-hybridized carbons (Fsp3) is 0.643. The first-order valence-electron chi connectivity index (χ1n) is 6.56. The number of carbonyl (C=O) groups is 3. The first-order chi connectivity index (χ1) is 8.52. The minimum Gasteiger partial charge on any atom is -0.300 e. The van der Waals surface area contributed by atoms with Crippen molar-refractivity contribution in [1.82, 2.24) is 4.90 Å². The van der Waals surface area contributed by atoms with Crippen molar-refractivity contribution >= 4 is 17.6 Å². The third-order valence-electron chi connectivity index (χ3n) is 3.36. The summed E-state index contributed by atoms with van der Waals surface area (Å²) in [6, 6.07) is 0. The first-order valence-corrected chi connectivity index (χ1v) is 6.56. The molecule has 2 amide bonds. The molecule has 0 saturated heterocycles. The number of imide groups is 1. The molecular formula is C14H21NO3. The van der Waals surface area contributed by atoms with Crippen LogP contribution in [-0.2, 0) is 14.4 Å². The third-order valence-corrected chi connectivity index (χ3v) is 3.36. The highest BCUT2D eigenvalue weighted by Gasteiger charge is 2.22. The molecular weight excluding hydrogens is 230 g/mol. The highest BCUT2D eigenvalue weighted by atomic mass is 16.2. The van der Waals surface area contributed by atoms with Crippen LogP contribution in [0.4, 0.5) is 0 Å². The fourth-order valence-corrected chi connectivity index (χ4v) is 1.93. The van der Waals surface area contributed by atoms with Crippen LogP contribution in [0.5, 0.6) is 0 Å². The molecule has 4 nitrogen and oxygen atoms in total. The van der Waals surface area contributed by atoms with E-state index in [9.17, 15) is 14.4 Å². The normalized spacial score (nSPS) is 16.4. The molecule has 0 saturated carbocycles. The Hall–Kier alpha value is -1.45. The van der Waals surface area contributed by atoms with Gasteiger partial charge in [0.2, 0.25) is 0 Å². The zero-order valence-corrected chi connectivity index (χ0v) is 11.1. The summed E-state index contributed by atoms with van der Waals surface area (Å²) in [6.45, 7) is 4.09. The molecule has 100 valence electrons. The highest BCUT2D eigenvalue weighted by Crippen LogP contribution is 2.12. The Bertz CT molecular complexity index is 342. The lowest BCUT2D eigenvalue weighted by atomic mass is 9.99. The van der Waals surface area contributed by atoms with E-state index < -0.39 is 0 Å². The van der Waals surface area contributed by atoms with Crippen molar-refractivity contribution in [2.24, 2.45) is 5.92 Å². The number of ketones is 1. The molecule has 1 aliphatic rings. The van der Waals surface area contributed by atoms with Gasteiger partial charge in [0.05, 0.1) is 0 Å². The molecule has 0 bridgehead atoms. The molecule has 4 heteroatoms. The Labute approximate surface area is 108 Å². The molecule has 0 fully saturated rings. The van der Waals surface area contributed by atoms with Gasteiger partial charge in [-0.05, 0) is 19.8 Å². The number of nitrogens with zero attached hydrogens (tertiary/aromatic N) is 1. The topological polar surface area (TPSA) is 54.5 Å². The van der Waals surface area contributed by atoms with Crippen molar-refractivity contribution in [3.63, 3.8) is 0 Å². The summed E-state index contributed by atoms with van der Waals surface area (Å²) in [5.41, 5.74) is 0. The lowest BCUT2D eigenvalue weighted by molar-refractivity contribution is -0.136. The molecule has 0 aromatic heterocycles. The highest BCUT2D eigenvalue weighted by molar-refractivity contribution is 6.12. The second-order valence-electron chi connectivity index (χ2n) is 4.88. The van der Waals surface area contributed by atoms with E-state index in [0.717, 1.165) is 32.1 Å². The molecule has 1 heterocycles. The first kappa shape index (κ1) is 14.6. The molecule has 1 unspecified atom stereocenters. The maximum absolute atomic E-state index is 11.2. The van der Waals surface area contributed by atoms with Crippen LogP contribution >= 0.6 is 0 Å².